The molecule has 0 bridgehead atoms. The first kappa shape index (κ1) is 20.0. The number of carbonyl (C=O) groups is 2. The van der Waals surface area contributed by atoms with Crippen LogP contribution in [0.3, 0.4) is 0 Å². The average molecular weight is 434 g/mol. The van der Waals surface area contributed by atoms with Gasteiger partial charge in [0.05, 0.1) is 10.6 Å². The molecule has 0 unspecified atom stereocenters. The lowest BCUT2D eigenvalue weighted by molar-refractivity contribution is -0.132. The monoisotopic (exact) mass is 433 g/mol. The molecule has 10 nitrogen and oxygen atoms in total. The summed E-state index contributed by atoms with van der Waals surface area (Å²) in [5.41, 5.74) is 0.247. The third-order valence-electron chi connectivity index (χ3n) is 4.73. The third kappa shape index (κ3) is 4.30. The number of nitrogens with one attached hydrogen (secondary N) is 1. The topological polar surface area (TPSA) is 121 Å². The van der Waals surface area contributed by atoms with Crippen LogP contribution in [0, 0.1) is 5.82 Å². The van der Waals surface area contributed by atoms with E-state index >= 15 is 0 Å². The summed E-state index contributed by atoms with van der Waals surface area (Å²) >= 11 is 5.98. The fourth-order valence-electron chi connectivity index (χ4n) is 3.13. The first-order chi connectivity index (χ1) is 14.5. The molecule has 0 aliphatic carbocycles. The zero-order valence-electron chi connectivity index (χ0n) is 15.7. The number of rotatable bonds is 5. The minimum absolute atomic E-state index is 0.0682. The first-order valence-electron chi connectivity index (χ1n) is 9.21. The molecule has 1 aromatic carbocycles. The Morgan fingerprint density at radius 2 is 1.97 bits per heavy atom. The van der Waals surface area contributed by atoms with E-state index in [4.69, 9.17) is 16.1 Å². The molecule has 1 N–H and O–H groups in total. The van der Waals surface area contributed by atoms with Crippen molar-refractivity contribution in [3.63, 3.8) is 0 Å². The molecule has 1 aliphatic rings. The van der Waals surface area contributed by atoms with Crippen molar-refractivity contribution in [1.29, 1.82) is 0 Å². The minimum atomic E-state index is -0.499. The predicted octanol–water partition coefficient (Wildman–Crippen LogP) is 1.56. The summed E-state index contributed by atoms with van der Waals surface area (Å²) in [6.07, 6.45) is 1.84. The Bertz CT molecular complexity index is 1050. The van der Waals surface area contributed by atoms with Gasteiger partial charge in [0.2, 0.25) is 17.6 Å². The van der Waals surface area contributed by atoms with Gasteiger partial charge in [0.25, 0.3) is 5.91 Å². The van der Waals surface area contributed by atoms with Crippen molar-refractivity contribution in [2.75, 3.05) is 26.2 Å². The SMILES string of the molecule is O=C(CCc1nc(-c2ncn[nH]2)no1)N1CCN(C(=O)c2ccc(F)cc2Cl)CC1. The molecule has 1 fully saturated rings. The lowest BCUT2D eigenvalue weighted by Crippen LogP contribution is -2.50. The van der Waals surface area contributed by atoms with Gasteiger partial charge in [-0.25, -0.2) is 9.37 Å². The van der Waals surface area contributed by atoms with Gasteiger partial charge in [-0.1, -0.05) is 16.8 Å². The van der Waals surface area contributed by atoms with Crippen LogP contribution in [0.5, 0.6) is 0 Å². The number of aromatic nitrogens is 5. The van der Waals surface area contributed by atoms with Gasteiger partial charge < -0.3 is 14.3 Å². The van der Waals surface area contributed by atoms with Gasteiger partial charge in [0, 0.05) is 39.0 Å². The van der Waals surface area contributed by atoms with Crippen LogP contribution >= 0.6 is 11.6 Å². The number of hydrogen-bond acceptors (Lipinski definition) is 7. The number of H-pyrrole nitrogens is 1. The standard InChI is InChI=1S/C18H17ClFN7O3/c19-13-9-11(20)1-2-12(13)18(29)27-7-5-26(6-8-27)15(28)4-3-14-23-17(25-30-14)16-21-10-22-24-16/h1-2,9-10H,3-8H2,(H,21,22,24). The predicted molar refractivity (Wildman–Crippen MR) is 102 cm³/mol. The average Bonchev–Trinajstić information content (AvgIpc) is 3.43. The fraction of sp³-hybridized carbons (Fsp3) is 0.333. The second-order valence-corrected chi connectivity index (χ2v) is 7.05. The van der Waals surface area contributed by atoms with Crippen molar-refractivity contribution in [1.82, 2.24) is 35.1 Å². The Kier molecular flexibility index (Phi) is 5.70. The Balaban J connectivity index is 1.27. The molecule has 2 amide bonds. The lowest BCUT2D eigenvalue weighted by atomic mass is 10.1. The van der Waals surface area contributed by atoms with Crippen LogP contribution in [0.4, 0.5) is 4.39 Å². The van der Waals surface area contributed by atoms with E-state index in [1.807, 2.05) is 0 Å². The third-order valence-corrected chi connectivity index (χ3v) is 5.04. The fourth-order valence-corrected chi connectivity index (χ4v) is 3.38. The number of piperazine rings is 1. The quantitative estimate of drug-likeness (QED) is 0.648. The molecule has 156 valence electrons. The first-order valence-corrected chi connectivity index (χ1v) is 9.59. The Morgan fingerprint density at radius 3 is 2.67 bits per heavy atom. The molecule has 0 saturated carbocycles. The van der Waals surface area contributed by atoms with E-state index in [-0.39, 0.29) is 34.6 Å². The zero-order chi connectivity index (χ0) is 21.1. The maximum atomic E-state index is 13.2. The summed E-state index contributed by atoms with van der Waals surface area (Å²) < 4.78 is 18.3. The second kappa shape index (κ2) is 8.57. The smallest absolute Gasteiger partial charge is 0.255 e. The molecule has 1 saturated heterocycles. The largest absolute Gasteiger partial charge is 0.339 e. The van der Waals surface area contributed by atoms with Gasteiger partial charge in [-0.2, -0.15) is 10.1 Å². The highest BCUT2D eigenvalue weighted by atomic mass is 35.5. The molecule has 30 heavy (non-hydrogen) atoms. The highest BCUT2D eigenvalue weighted by molar-refractivity contribution is 6.33. The summed E-state index contributed by atoms with van der Waals surface area (Å²) in [5.74, 6) is 0.148. The lowest BCUT2D eigenvalue weighted by Gasteiger charge is -2.35. The number of hydrogen-bond donors (Lipinski definition) is 1. The summed E-state index contributed by atoms with van der Waals surface area (Å²) in [7, 11) is 0. The van der Waals surface area contributed by atoms with Crippen molar-refractivity contribution in [2.24, 2.45) is 0 Å². The molecule has 12 heteroatoms. The highest BCUT2D eigenvalue weighted by Crippen LogP contribution is 2.20. The Labute approximate surface area is 175 Å². The van der Waals surface area contributed by atoms with Crippen molar-refractivity contribution >= 4 is 23.4 Å². The Morgan fingerprint density at radius 1 is 1.20 bits per heavy atom. The molecule has 0 radical (unpaired) electrons. The number of amides is 2. The van der Waals surface area contributed by atoms with Gasteiger partial charge in [-0.05, 0) is 18.2 Å². The number of nitrogens with zero attached hydrogens (tertiary/aromatic N) is 6. The molecule has 3 aromatic rings. The summed E-state index contributed by atoms with van der Waals surface area (Å²) in [6, 6.07) is 3.68. The van der Waals surface area contributed by atoms with Crippen LogP contribution in [-0.2, 0) is 11.2 Å². The van der Waals surface area contributed by atoms with Crippen LogP contribution in [-0.4, -0.2) is 73.1 Å². The van der Waals surface area contributed by atoms with E-state index in [1.165, 1.54) is 18.5 Å². The number of aromatic amines is 1. The molecule has 1 aliphatic heterocycles. The van der Waals surface area contributed by atoms with Gasteiger partial charge in [0.15, 0.2) is 5.82 Å². The summed E-state index contributed by atoms with van der Waals surface area (Å²) in [5, 5.41) is 10.2. The van der Waals surface area contributed by atoms with E-state index in [9.17, 15) is 14.0 Å². The number of benzene rings is 1. The van der Waals surface area contributed by atoms with Crippen molar-refractivity contribution in [2.45, 2.75) is 12.8 Å². The maximum Gasteiger partial charge on any atom is 0.255 e. The normalized spacial score (nSPS) is 14.2. The molecule has 0 spiro atoms. The Hall–Kier alpha value is -3.34. The minimum Gasteiger partial charge on any atom is -0.339 e. The van der Waals surface area contributed by atoms with E-state index in [1.54, 1.807) is 9.80 Å². The summed E-state index contributed by atoms with van der Waals surface area (Å²) in [6.45, 7) is 1.54. The van der Waals surface area contributed by atoms with Crippen molar-refractivity contribution in [3.05, 3.63) is 46.8 Å². The van der Waals surface area contributed by atoms with Crippen LogP contribution < -0.4 is 0 Å². The molecule has 4 rings (SSSR count). The number of carbonyl (C=O) groups excluding carboxylic acids is 2. The van der Waals surface area contributed by atoms with Crippen LogP contribution in [0.25, 0.3) is 11.6 Å². The number of aryl methyl sites for hydroxylation is 1. The van der Waals surface area contributed by atoms with Gasteiger partial charge >= 0.3 is 0 Å². The van der Waals surface area contributed by atoms with Crippen molar-refractivity contribution < 1.29 is 18.5 Å². The molecule has 2 aromatic heterocycles. The summed E-state index contributed by atoms with van der Waals surface area (Å²) in [4.78, 5) is 36.5. The zero-order valence-corrected chi connectivity index (χ0v) is 16.5. The van der Waals surface area contributed by atoms with Crippen LogP contribution in [0.15, 0.2) is 29.0 Å². The molecular weight excluding hydrogens is 417 g/mol. The van der Waals surface area contributed by atoms with Gasteiger partial charge in [-0.3, -0.25) is 14.7 Å². The van der Waals surface area contributed by atoms with E-state index in [0.29, 0.717) is 44.3 Å². The van der Waals surface area contributed by atoms with E-state index in [2.05, 4.69) is 25.3 Å². The molecular formula is C18H17ClFN7O3. The second-order valence-electron chi connectivity index (χ2n) is 6.64. The molecule has 0 atom stereocenters. The van der Waals surface area contributed by atoms with Crippen LogP contribution in [0.2, 0.25) is 5.02 Å². The number of halogens is 2. The van der Waals surface area contributed by atoms with Gasteiger partial charge in [0.1, 0.15) is 12.1 Å². The highest BCUT2D eigenvalue weighted by Gasteiger charge is 2.26. The molecule has 3 heterocycles. The van der Waals surface area contributed by atoms with Gasteiger partial charge in [-0.15, -0.1) is 0 Å². The maximum absolute atomic E-state index is 13.2. The van der Waals surface area contributed by atoms with E-state index in [0.717, 1.165) is 6.07 Å². The van der Waals surface area contributed by atoms with Crippen LogP contribution in [0.1, 0.15) is 22.7 Å². The van der Waals surface area contributed by atoms with E-state index < -0.39 is 5.82 Å². The van der Waals surface area contributed by atoms with Crippen molar-refractivity contribution in [3.8, 4) is 11.6 Å².